The van der Waals surface area contributed by atoms with Gasteiger partial charge in [-0.3, -0.25) is 5.43 Å². The Labute approximate surface area is 187 Å². The van der Waals surface area contributed by atoms with E-state index < -0.39 is 0 Å². The van der Waals surface area contributed by atoms with Gasteiger partial charge in [-0.05, 0) is 36.4 Å². The minimum absolute atomic E-state index is 0.443. The molecular formula is C23H19ClN4S2+2. The van der Waals surface area contributed by atoms with Gasteiger partial charge in [0.25, 0.3) is 5.01 Å². The minimum atomic E-state index is 0.443. The Morgan fingerprint density at radius 3 is 2.03 bits per heavy atom. The van der Waals surface area contributed by atoms with Gasteiger partial charge in [0.05, 0.1) is 11.3 Å². The van der Waals surface area contributed by atoms with E-state index in [1.807, 2.05) is 31.3 Å². The molecule has 0 bridgehead atoms. The van der Waals surface area contributed by atoms with E-state index >= 15 is 0 Å². The number of hydrogen-bond acceptors (Lipinski definition) is 4. The van der Waals surface area contributed by atoms with Crippen molar-refractivity contribution in [1.82, 2.24) is 0 Å². The summed E-state index contributed by atoms with van der Waals surface area (Å²) in [6.07, 6.45) is 0. The van der Waals surface area contributed by atoms with Gasteiger partial charge in [0.15, 0.2) is 0 Å². The Morgan fingerprint density at radius 1 is 0.800 bits per heavy atom. The number of nitrogens with one attached hydrogen (secondary N) is 1. The van der Waals surface area contributed by atoms with E-state index in [0.717, 1.165) is 16.2 Å². The number of thiazole rings is 2. The number of nitrogens with zero attached hydrogens (tertiary/aromatic N) is 3. The molecule has 1 N–H and O–H groups in total. The first-order chi connectivity index (χ1) is 14.6. The molecular weight excluding hydrogens is 432 g/mol. The van der Waals surface area contributed by atoms with Gasteiger partial charge in [-0.15, -0.1) is 0 Å². The van der Waals surface area contributed by atoms with Crippen molar-refractivity contribution in [3.63, 3.8) is 0 Å². The summed E-state index contributed by atoms with van der Waals surface area (Å²) in [4.78, 5) is 0. The van der Waals surface area contributed by atoms with Gasteiger partial charge >= 0.3 is 5.01 Å². The van der Waals surface area contributed by atoms with Crippen molar-refractivity contribution in [3.05, 3.63) is 77.8 Å². The Bertz CT molecular complexity index is 1400. The summed E-state index contributed by atoms with van der Waals surface area (Å²) in [5, 5.41) is 6.98. The van der Waals surface area contributed by atoms with Crippen molar-refractivity contribution in [3.8, 4) is 10.6 Å². The van der Waals surface area contributed by atoms with E-state index in [-0.39, 0.29) is 0 Å². The molecule has 0 fully saturated rings. The zero-order valence-electron chi connectivity index (χ0n) is 16.5. The second kappa shape index (κ2) is 7.80. The van der Waals surface area contributed by atoms with Crippen LogP contribution in [0.3, 0.4) is 0 Å². The first-order valence-corrected chi connectivity index (χ1v) is 11.5. The highest BCUT2D eigenvalue weighted by atomic mass is 35.5. The summed E-state index contributed by atoms with van der Waals surface area (Å²) in [6.45, 7) is 0. The third-order valence-electron chi connectivity index (χ3n) is 5.07. The molecule has 0 unspecified atom stereocenters. The molecule has 5 aromatic rings. The highest BCUT2D eigenvalue weighted by Crippen LogP contribution is 2.29. The Balaban J connectivity index is 1.39. The molecule has 148 valence electrons. The Hall–Kier alpha value is -2.80. The maximum Gasteiger partial charge on any atom is 0.302 e. The van der Waals surface area contributed by atoms with E-state index in [0.29, 0.717) is 5.17 Å². The number of halogens is 1. The lowest BCUT2D eigenvalue weighted by atomic mass is 10.2. The molecule has 0 aliphatic heterocycles. The van der Waals surface area contributed by atoms with Crippen molar-refractivity contribution in [1.29, 1.82) is 0 Å². The number of anilines is 1. The van der Waals surface area contributed by atoms with Gasteiger partial charge in [0.2, 0.25) is 16.2 Å². The molecule has 3 aromatic carbocycles. The number of hydrogen-bond donors (Lipinski definition) is 1. The molecule has 0 saturated carbocycles. The molecule has 0 aliphatic rings. The van der Waals surface area contributed by atoms with E-state index in [9.17, 15) is 0 Å². The van der Waals surface area contributed by atoms with E-state index in [1.54, 1.807) is 22.7 Å². The minimum Gasteiger partial charge on any atom is -0.277 e. The number of rotatable bonds is 4. The van der Waals surface area contributed by atoms with Crippen LogP contribution in [0, 0.1) is 0 Å². The largest absolute Gasteiger partial charge is 0.302 e. The Morgan fingerprint density at radius 2 is 1.40 bits per heavy atom. The van der Waals surface area contributed by atoms with Crippen LogP contribution in [0.1, 0.15) is 5.01 Å². The standard InChI is InChI=1S/C23H18ClN4S2/c1-27-17-7-3-5-9-19(17)29-22(27)15-11-13-16(14-12-15)25-26-21(24)23-28(2)18-8-4-6-10-20(18)30-23/h3-14H,1-2H3/q+1/p+1. The van der Waals surface area contributed by atoms with Crippen molar-refractivity contribution in [2.24, 2.45) is 19.2 Å². The molecule has 5 rings (SSSR count). The fourth-order valence-corrected chi connectivity index (χ4v) is 5.96. The Kier molecular flexibility index (Phi) is 4.98. The quantitative estimate of drug-likeness (QED) is 0.220. The smallest absolute Gasteiger partial charge is 0.277 e. The van der Waals surface area contributed by atoms with Gasteiger partial charge in [-0.25, -0.2) is 0 Å². The summed E-state index contributed by atoms with van der Waals surface area (Å²) in [5.41, 5.74) is 7.54. The van der Waals surface area contributed by atoms with Crippen LogP contribution in [0.2, 0.25) is 0 Å². The lowest BCUT2D eigenvalue weighted by molar-refractivity contribution is -0.641. The summed E-state index contributed by atoms with van der Waals surface area (Å²) in [7, 11) is 4.11. The number of benzene rings is 3. The molecule has 7 heteroatoms. The number of hydrazone groups is 1. The van der Waals surface area contributed by atoms with E-state index in [2.05, 4.69) is 75.2 Å². The van der Waals surface area contributed by atoms with Gasteiger partial charge in [-0.2, -0.15) is 14.2 Å². The maximum atomic E-state index is 6.50. The van der Waals surface area contributed by atoms with Crippen LogP contribution in [0.25, 0.3) is 31.0 Å². The third-order valence-corrected chi connectivity index (χ3v) is 7.94. The van der Waals surface area contributed by atoms with Crippen molar-refractivity contribution in [2.75, 3.05) is 5.43 Å². The maximum absolute atomic E-state index is 6.50. The van der Waals surface area contributed by atoms with Crippen molar-refractivity contribution in [2.45, 2.75) is 0 Å². The van der Waals surface area contributed by atoms with Crippen LogP contribution in [-0.4, -0.2) is 5.17 Å². The molecule has 30 heavy (non-hydrogen) atoms. The molecule has 0 amide bonds. The molecule has 4 nitrogen and oxygen atoms in total. The first kappa shape index (κ1) is 19.2. The average molecular weight is 451 g/mol. The van der Waals surface area contributed by atoms with Gasteiger partial charge < -0.3 is 0 Å². The van der Waals surface area contributed by atoms with Gasteiger partial charge in [0.1, 0.15) is 23.5 Å². The highest BCUT2D eigenvalue weighted by Gasteiger charge is 2.21. The van der Waals surface area contributed by atoms with Crippen LogP contribution in [0.4, 0.5) is 5.69 Å². The monoisotopic (exact) mass is 450 g/mol. The lowest BCUT2D eigenvalue weighted by Gasteiger charge is -2.01. The van der Waals surface area contributed by atoms with Crippen LogP contribution < -0.4 is 14.6 Å². The number of aromatic nitrogens is 2. The first-order valence-electron chi connectivity index (χ1n) is 9.47. The van der Waals surface area contributed by atoms with Crippen LogP contribution in [-0.2, 0) is 14.1 Å². The summed E-state index contributed by atoms with van der Waals surface area (Å²) in [6, 6.07) is 25.0. The number of para-hydroxylation sites is 2. The normalized spacial score (nSPS) is 12.0. The van der Waals surface area contributed by atoms with Gasteiger partial charge in [-0.1, -0.05) is 58.5 Å². The lowest BCUT2D eigenvalue weighted by Crippen LogP contribution is -2.32. The molecule has 0 aliphatic carbocycles. The molecule has 0 atom stereocenters. The predicted octanol–water partition coefficient (Wildman–Crippen LogP) is 5.44. The second-order valence-electron chi connectivity index (χ2n) is 6.96. The fourth-order valence-electron chi connectivity index (χ4n) is 3.49. The topological polar surface area (TPSA) is 32.1 Å². The summed E-state index contributed by atoms with van der Waals surface area (Å²) in [5.74, 6) is 0. The number of aryl methyl sites for hydroxylation is 2. The van der Waals surface area contributed by atoms with Gasteiger partial charge in [0, 0.05) is 12.1 Å². The fraction of sp³-hybridized carbons (Fsp3) is 0.0870. The molecule has 0 saturated heterocycles. The molecule has 0 radical (unpaired) electrons. The van der Waals surface area contributed by atoms with E-state index in [1.165, 1.54) is 25.5 Å². The SMILES string of the molecule is C[n+]1c(C(Cl)=NNc2ccc(-c3sc4ccccc4[n+]3C)cc2)sc2ccccc21. The van der Waals surface area contributed by atoms with E-state index in [4.69, 9.17) is 11.6 Å². The van der Waals surface area contributed by atoms with Crippen molar-refractivity contribution < 1.29 is 9.13 Å². The van der Waals surface area contributed by atoms with Crippen LogP contribution in [0.5, 0.6) is 0 Å². The van der Waals surface area contributed by atoms with Crippen LogP contribution >= 0.6 is 34.3 Å². The zero-order chi connectivity index (χ0) is 20.7. The molecule has 2 heterocycles. The summed E-state index contributed by atoms with van der Waals surface area (Å²) < 4.78 is 6.77. The second-order valence-corrected chi connectivity index (χ2v) is 9.38. The summed E-state index contributed by atoms with van der Waals surface area (Å²) >= 11 is 9.93. The highest BCUT2D eigenvalue weighted by molar-refractivity contribution is 7.21. The number of fused-ring (bicyclic) bond motifs is 2. The van der Waals surface area contributed by atoms with Crippen LogP contribution in [0.15, 0.2) is 77.9 Å². The average Bonchev–Trinajstić information content (AvgIpc) is 3.30. The third kappa shape index (κ3) is 3.37. The van der Waals surface area contributed by atoms with Crippen molar-refractivity contribution >= 4 is 65.6 Å². The molecule has 0 spiro atoms. The zero-order valence-corrected chi connectivity index (χ0v) is 18.9. The predicted molar refractivity (Wildman–Crippen MR) is 127 cm³/mol. The molecule has 2 aromatic heterocycles.